The number of alkyl halides is 3. The van der Waals surface area contributed by atoms with Gasteiger partial charge in [0.25, 0.3) is 0 Å². The first kappa shape index (κ1) is 20.9. The first-order valence-electron chi connectivity index (χ1n) is 8.92. The lowest BCUT2D eigenvalue weighted by atomic mass is 9.95. The topological polar surface area (TPSA) is 41.6 Å². The molecule has 0 bridgehead atoms. The molecule has 1 aliphatic carbocycles. The maximum atomic E-state index is 12.6. The molecule has 0 fully saturated rings. The molecule has 7 heteroatoms. The number of nitrogens with zero attached hydrogens (tertiary/aromatic N) is 1. The zero-order valence-electron chi connectivity index (χ0n) is 15.8. The lowest BCUT2D eigenvalue weighted by molar-refractivity contribution is -0.137. The predicted octanol–water partition coefficient (Wildman–Crippen LogP) is 5.08. The number of nitrogens with one attached hydrogen (secondary N) is 1. The van der Waals surface area contributed by atoms with Crippen LogP contribution in [-0.2, 0) is 17.5 Å². The Labute approximate surface area is 157 Å². The second-order valence-corrected chi connectivity index (χ2v) is 6.70. The molecule has 27 heavy (non-hydrogen) atoms. The van der Waals surface area contributed by atoms with Crippen molar-refractivity contribution in [2.45, 2.75) is 39.4 Å². The first-order chi connectivity index (χ1) is 12.7. The summed E-state index contributed by atoms with van der Waals surface area (Å²) in [7, 11) is 1.90. The van der Waals surface area contributed by atoms with Gasteiger partial charge in [0.05, 0.1) is 12.2 Å². The maximum absolute atomic E-state index is 12.6. The molecule has 0 heterocycles. The fourth-order valence-corrected chi connectivity index (χ4v) is 2.81. The molecule has 0 aliphatic heterocycles. The molecule has 0 radical (unpaired) electrons. The second kappa shape index (κ2) is 8.97. The second-order valence-electron chi connectivity index (χ2n) is 6.70. The van der Waals surface area contributed by atoms with Crippen molar-refractivity contribution in [2.75, 3.05) is 13.7 Å². The zero-order chi connectivity index (χ0) is 20.0. The Morgan fingerprint density at radius 1 is 1.26 bits per heavy atom. The van der Waals surface area contributed by atoms with E-state index >= 15 is 0 Å². The SMILES string of the molecule is CCCOC(=O)NC1=CC=C(N(C)Cc2ccc(C(F)(F)F)cc2)CC1C. The number of hydrogen-bond donors (Lipinski definition) is 1. The van der Waals surface area contributed by atoms with Crippen molar-refractivity contribution in [3.05, 3.63) is 58.9 Å². The van der Waals surface area contributed by atoms with E-state index in [2.05, 4.69) is 5.32 Å². The molecule has 0 aromatic heterocycles. The highest BCUT2D eigenvalue weighted by Crippen LogP contribution is 2.30. The molecule has 1 N–H and O–H groups in total. The van der Waals surface area contributed by atoms with Crippen LogP contribution in [0.1, 0.15) is 37.8 Å². The van der Waals surface area contributed by atoms with Gasteiger partial charge in [-0.3, -0.25) is 5.32 Å². The quantitative estimate of drug-likeness (QED) is 0.746. The van der Waals surface area contributed by atoms with E-state index in [1.807, 2.05) is 37.9 Å². The van der Waals surface area contributed by atoms with Crippen molar-refractivity contribution in [1.29, 1.82) is 0 Å². The molecule has 1 aliphatic rings. The van der Waals surface area contributed by atoms with E-state index in [0.717, 1.165) is 41.9 Å². The Balaban J connectivity index is 1.98. The number of ether oxygens (including phenoxy) is 1. The van der Waals surface area contributed by atoms with Gasteiger partial charge in [0.15, 0.2) is 0 Å². The monoisotopic (exact) mass is 382 g/mol. The molecule has 0 spiro atoms. The molecule has 0 saturated heterocycles. The summed E-state index contributed by atoms with van der Waals surface area (Å²) in [5, 5.41) is 2.76. The van der Waals surface area contributed by atoms with Gasteiger partial charge < -0.3 is 9.64 Å². The number of carbonyl (C=O) groups excluding carboxylic acids is 1. The van der Waals surface area contributed by atoms with Gasteiger partial charge in [0.2, 0.25) is 0 Å². The van der Waals surface area contributed by atoms with Gasteiger partial charge in [0, 0.05) is 30.9 Å². The zero-order valence-corrected chi connectivity index (χ0v) is 15.8. The Morgan fingerprint density at radius 3 is 2.48 bits per heavy atom. The molecule has 1 aromatic carbocycles. The lowest BCUT2D eigenvalue weighted by Crippen LogP contribution is -2.30. The Hall–Kier alpha value is -2.44. The maximum Gasteiger partial charge on any atom is 0.416 e. The summed E-state index contributed by atoms with van der Waals surface area (Å²) in [4.78, 5) is 13.7. The van der Waals surface area contributed by atoms with Crippen molar-refractivity contribution in [3.63, 3.8) is 0 Å². The van der Waals surface area contributed by atoms with Crippen LogP contribution in [0.3, 0.4) is 0 Å². The van der Waals surface area contributed by atoms with E-state index < -0.39 is 17.8 Å². The first-order valence-corrected chi connectivity index (χ1v) is 8.92. The summed E-state index contributed by atoms with van der Waals surface area (Å²) in [5.41, 5.74) is 2.00. The smallest absolute Gasteiger partial charge is 0.416 e. The Kier molecular flexibility index (Phi) is 6.93. The molecular weight excluding hydrogens is 357 g/mol. The van der Waals surface area contributed by atoms with E-state index in [9.17, 15) is 18.0 Å². The molecule has 4 nitrogen and oxygen atoms in total. The predicted molar refractivity (Wildman–Crippen MR) is 97.6 cm³/mol. The number of amides is 1. The molecule has 1 unspecified atom stereocenters. The average Bonchev–Trinajstić information content (AvgIpc) is 2.61. The van der Waals surface area contributed by atoms with E-state index in [0.29, 0.717) is 13.2 Å². The van der Waals surface area contributed by atoms with Crippen molar-refractivity contribution < 1.29 is 22.7 Å². The van der Waals surface area contributed by atoms with Gasteiger partial charge in [-0.1, -0.05) is 26.0 Å². The third kappa shape index (κ3) is 6.05. The minimum absolute atomic E-state index is 0.106. The highest BCUT2D eigenvalue weighted by Gasteiger charge is 2.30. The van der Waals surface area contributed by atoms with Crippen LogP contribution in [0.25, 0.3) is 0 Å². The standard InChI is InChI=1S/C20H25F3N2O2/c1-4-11-27-19(26)24-18-10-9-17(12-14(18)2)25(3)13-15-5-7-16(8-6-15)20(21,22)23/h5-10,14H,4,11-13H2,1-3H3,(H,24,26). The molecule has 1 amide bonds. The van der Waals surface area contributed by atoms with E-state index in [1.54, 1.807) is 0 Å². The highest BCUT2D eigenvalue weighted by atomic mass is 19.4. The molecule has 148 valence electrons. The van der Waals surface area contributed by atoms with E-state index in [-0.39, 0.29) is 5.92 Å². The van der Waals surface area contributed by atoms with Gasteiger partial charge in [-0.15, -0.1) is 0 Å². The normalized spacial score (nSPS) is 17.0. The van der Waals surface area contributed by atoms with Crippen molar-refractivity contribution in [2.24, 2.45) is 5.92 Å². The molecule has 2 rings (SSSR count). The van der Waals surface area contributed by atoms with E-state index in [4.69, 9.17) is 4.74 Å². The van der Waals surface area contributed by atoms with Crippen molar-refractivity contribution in [3.8, 4) is 0 Å². The third-order valence-electron chi connectivity index (χ3n) is 4.38. The number of hydrogen-bond acceptors (Lipinski definition) is 3. The summed E-state index contributed by atoms with van der Waals surface area (Å²) < 4.78 is 43.0. The fourth-order valence-electron chi connectivity index (χ4n) is 2.81. The largest absolute Gasteiger partial charge is 0.449 e. The van der Waals surface area contributed by atoms with Crippen LogP contribution in [0.5, 0.6) is 0 Å². The van der Waals surface area contributed by atoms with Crippen molar-refractivity contribution in [1.82, 2.24) is 10.2 Å². The van der Waals surface area contributed by atoms with Gasteiger partial charge in [0.1, 0.15) is 0 Å². The van der Waals surface area contributed by atoms with Crippen LogP contribution in [-0.4, -0.2) is 24.6 Å². The minimum atomic E-state index is -4.32. The minimum Gasteiger partial charge on any atom is -0.449 e. The highest BCUT2D eigenvalue weighted by molar-refractivity contribution is 5.69. The molecule has 1 atom stereocenters. The number of halogens is 3. The molecular formula is C20H25F3N2O2. The van der Waals surface area contributed by atoms with Crippen LogP contribution in [0.15, 0.2) is 47.8 Å². The van der Waals surface area contributed by atoms with Gasteiger partial charge in [-0.05, 0) is 42.7 Å². The summed E-state index contributed by atoms with van der Waals surface area (Å²) in [5.74, 6) is 0.106. The summed E-state index contributed by atoms with van der Waals surface area (Å²) in [6, 6.07) is 5.20. The third-order valence-corrected chi connectivity index (χ3v) is 4.38. The van der Waals surface area contributed by atoms with E-state index in [1.165, 1.54) is 12.1 Å². The number of carbonyl (C=O) groups is 1. The van der Waals surface area contributed by atoms with Gasteiger partial charge in [-0.25, -0.2) is 4.79 Å². The number of benzene rings is 1. The average molecular weight is 382 g/mol. The van der Waals surface area contributed by atoms with Crippen LogP contribution in [0.4, 0.5) is 18.0 Å². The summed E-state index contributed by atoms with van der Waals surface area (Å²) in [6.07, 6.45) is 0.472. The number of allylic oxidation sites excluding steroid dienone is 4. The van der Waals surface area contributed by atoms with Crippen molar-refractivity contribution >= 4 is 6.09 Å². The van der Waals surface area contributed by atoms with Crippen LogP contribution < -0.4 is 5.32 Å². The lowest BCUT2D eigenvalue weighted by Gasteiger charge is -2.29. The summed E-state index contributed by atoms with van der Waals surface area (Å²) in [6.45, 7) is 4.82. The number of rotatable bonds is 6. The van der Waals surface area contributed by atoms with Gasteiger partial charge >= 0.3 is 12.3 Å². The van der Waals surface area contributed by atoms with Crippen LogP contribution >= 0.6 is 0 Å². The Morgan fingerprint density at radius 2 is 1.93 bits per heavy atom. The molecule has 0 saturated carbocycles. The van der Waals surface area contributed by atoms with Crippen LogP contribution in [0.2, 0.25) is 0 Å². The summed E-state index contributed by atoms with van der Waals surface area (Å²) >= 11 is 0. The Bertz CT molecular complexity index is 709. The molecule has 1 aromatic rings. The fraction of sp³-hybridized carbons (Fsp3) is 0.450. The van der Waals surface area contributed by atoms with Gasteiger partial charge in [-0.2, -0.15) is 13.2 Å². The van der Waals surface area contributed by atoms with Crippen LogP contribution in [0, 0.1) is 5.92 Å². The number of alkyl carbamates (subject to hydrolysis) is 1.